The van der Waals surface area contributed by atoms with Crippen molar-refractivity contribution in [2.24, 2.45) is 0 Å². The first-order valence-corrected chi connectivity index (χ1v) is 11.0. The van der Waals surface area contributed by atoms with Crippen LogP contribution in [0.4, 0.5) is 0 Å². The molecule has 0 aliphatic carbocycles. The zero-order valence-electron chi connectivity index (χ0n) is 17.2. The van der Waals surface area contributed by atoms with Gasteiger partial charge >= 0.3 is 0 Å². The van der Waals surface area contributed by atoms with E-state index in [2.05, 4.69) is 32.6 Å². The number of ether oxygens (including phenoxy) is 2. The molecule has 3 rings (SSSR count). The number of benzene rings is 2. The monoisotopic (exact) mass is 439 g/mol. The Morgan fingerprint density at radius 2 is 1.70 bits per heavy atom. The fraction of sp³-hybridized carbons (Fsp3) is 0.250. The lowest BCUT2D eigenvalue weighted by Crippen LogP contribution is -2.27. The fourth-order valence-electron chi connectivity index (χ4n) is 2.84. The summed E-state index contributed by atoms with van der Waals surface area (Å²) >= 11 is 6.57. The van der Waals surface area contributed by atoms with Gasteiger partial charge in [-0.2, -0.15) is 0 Å². The van der Waals surface area contributed by atoms with Crippen molar-refractivity contribution in [3.05, 3.63) is 76.7 Å². The zero-order chi connectivity index (χ0) is 21.5. The summed E-state index contributed by atoms with van der Waals surface area (Å²) < 4.78 is 12.1. The van der Waals surface area contributed by atoms with E-state index in [-0.39, 0.29) is 5.91 Å². The zero-order valence-corrected chi connectivity index (χ0v) is 18.9. The first-order chi connectivity index (χ1) is 14.5. The third-order valence-corrected chi connectivity index (χ3v) is 6.05. The largest absolute Gasteiger partial charge is 0.493 e. The van der Waals surface area contributed by atoms with E-state index in [1.165, 1.54) is 22.9 Å². The van der Waals surface area contributed by atoms with E-state index in [1.54, 1.807) is 11.0 Å². The molecule has 1 heterocycles. The van der Waals surface area contributed by atoms with Gasteiger partial charge in [-0.15, -0.1) is 6.58 Å². The van der Waals surface area contributed by atoms with Crippen LogP contribution in [0.2, 0.25) is 0 Å². The van der Waals surface area contributed by atoms with E-state index in [9.17, 15) is 4.79 Å². The Morgan fingerprint density at radius 1 is 1.03 bits per heavy atom. The number of aryl methyl sites for hydroxylation is 2. The van der Waals surface area contributed by atoms with Crippen molar-refractivity contribution in [2.75, 3.05) is 19.8 Å². The molecule has 1 aliphatic heterocycles. The maximum Gasteiger partial charge on any atom is 0.266 e. The second kappa shape index (κ2) is 10.5. The first kappa shape index (κ1) is 22.1. The highest BCUT2D eigenvalue weighted by Crippen LogP contribution is 2.32. The Hall–Kier alpha value is -2.57. The highest BCUT2D eigenvalue weighted by molar-refractivity contribution is 8.26. The number of carbonyl (C=O) groups excluding carboxylic acids is 1. The number of carbonyl (C=O) groups is 1. The quantitative estimate of drug-likeness (QED) is 0.222. The molecule has 6 heteroatoms. The summed E-state index contributed by atoms with van der Waals surface area (Å²) in [7, 11) is 0. The molecule has 0 N–H and O–H groups in total. The predicted octanol–water partition coefficient (Wildman–Crippen LogP) is 5.54. The van der Waals surface area contributed by atoms with Gasteiger partial charge in [-0.25, -0.2) is 0 Å². The molecule has 1 aliphatic rings. The van der Waals surface area contributed by atoms with E-state index in [1.807, 2.05) is 36.4 Å². The van der Waals surface area contributed by atoms with Crippen molar-refractivity contribution in [3.8, 4) is 11.5 Å². The molecule has 4 nitrogen and oxygen atoms in total. The van der Waals surface area contributed by atoms with Crippen LogP contribution in [0, 0.1) is 13.8 Å². The summed E-state index contributed by atoms with van der Waals surface area (Å²) in [5.41, 5.74) is 3.42. The predicted molar refractivity (Wildman–Crippen MR) is 128 cm³/mol. The van der Waals surface area contributed by atoms with Gasteiger partial charge in [-0.05, 0) is 60.9 Å². The number of hydrogen-bond donors (Lipinski definition) is 0. The van der Waals surface area contributed by atoms with Crippen molar-refractivity contribution in [1.82, 2.24) is 4.90 Å². The van der Waals surface area contributed by atoms with E-state index in [0.717, 1.165) is 23.5 Å². The number of hydrogen-bond acceptors (Lipinski definition) is 5. The topological polar surface area (TPSA) is 38.8 Å². The fourth-order valence-corrected chi connectivity index (χ4v) is 4.12. The van der Waals surface area contributed by atoms with Crippen LogP contribution in [0.1, 0.15) is 23.1 Å². The van der Waals surface area contributed by atoms with E-state index in [4.69, 9.17) is 21.7 Å². The first-order valence-electron chi connectivity index (χ1n) is 9.77. The van der Waals surface area contributed by atoms with Crippen molar-refractivity contribution >= 4 is 40.3 Å². The average Bonchev–Trinajstić information content (AvgIpc) is 2.99. The van der Waals surface area contributed by atoms with Gasteiger partial charge in [0.2, 0.25) is 0 Å². The number of nitrogens with zero attached hydrogens (tertiary/aromatic N) is 1. The standard InChI is InChI=1S/C24H25NO3S2/c1-4-12-25-23(26)22(30-24(25)29)16-19-7-10-20(11-8-19)27-13-5-14-28-21-9-6-17(2)18(3)15-21/h4,6-11,15-16H,1,5,12-14H2,2-3H3/b22-16+. The molecule has 2 aromatic rings. The van der Waals surface area contributed by atoms with Crippen LogP contribution in [-0.2, 0) is 4.79 Å². The van der Waals surface area contributed by atoms with Crippen LogP contribution in [0.5, 0.6) is 11.5 Å². The van der Waals surface area contributed by atoms with Crippen LogP contribution < -0.4 is 9.47 Å². The normalized spacial score (nSPS) is 15.0. The third kappa shape index (κ3) is 5.74. The molecule has 0 bridgehead atoms. The summed E-state index contributed by atoms with van der Waals surface area (Å²) in [6.45, 7) is 9.45. The molecule has 1 fully saturated rings. The van der Waals surface area contributed by atoms with Gasteiger partial charge < -0.3 is 9.47 Å². The van der Waals surface area contributed by atoms with Gasteiger partial charge in [-0.1, -0.05) is 48.3 Å². The minimum atomic E-state index is -0.0750. The Balaban J connectivity index is 1.45. The van der Waals surface area contributed by atoms with Gasteiger partial charge in [0.15, 0.2) is 0 Å². The maximum atomic E-state index is 12.4. The van der Waals surface area contributed by atoms with E-state index < -0.39 is 0 Å². The molecule has 0 atom stereocenters. The van der Waals surface area contributed by atoms with Crippen LogP contribution in [0.3, 0.4) is 0 Å². The summed E-state index contributed by atoms with van der Waals surface area (Å²) in [6.07, 6.45) is 4.32. The smallest absolute Gasteiger partial charge is 0.266 e. The summed E-state index contributed by atoms with van der Waals surface area (Å²) in [5.74, 6) is 1.60. The number of thiocarbonyl (C=S) groups is 1. The van der Waals surface area contributed by atoms with E-state index >= 15 is 0 Å². The van der Waals surface area contributed by atoms with Crippen LogP contribution in [0.25, 0.3) is 6.08 Å². The molecule has 2 aromatic carbocycles. The van der Waals surface area contributed by atoms with Gasteiger partial charge in [-0.3, -0.25) is 9.69 Å². The summed E-state index contributed by atoms with van der Waals surface area (Å²) in [5, 5.41) is 0. The second-order valence-electron chi connectivity index (χ2n) is 6.95. The van der Waals surface area contributed by atoms with Crippen molar-refractivity contribution in [1.29, 1.82) is 0 Å². The lowest BCUT2D eigenvalue weighted by Gasteiger charge is -2.10. The minimum absolute atomic E-state index is 0.0750. The number of amides is 1. The molecule has 0 spiro atoms. The molecular formula is C24H25NO3S2. The SMILES string of the molecule is C=CCN1C(=O)/C(=C\c2ccc(OCCCOc3ccc(C)c(C)c3)cc2)SC1=S. The van der Waals surface area contributed by atoms with E-state index in [0.29, 0.717) is 29.0 Å². The molecule has 156 valence electrons. The Morgan fingerprint density at radius 3 is 2.37 bits per heavy atom. The lowest BCUT2D eigenvalue weighted by molar-refractivity contribution is -0.121. The number of thioether (sulfide) groups is 1. The molecule has 1 saturated heterocycles. The van der Waals surface area contributed by atoms with Crippen molar-refractivity contribution in [3.63, 3.8) is 0 Å². The van der Waals surface area contributed by atoms with Crippen LogP contribution in [-0.4, -0.2) is 34.9 Å². The molecule has 30 heavy (non-hydrogen) atoms. The Labute approximate surface area is 187 Å². The average molecular weight is 440 g/mol. The molecular weight excluding hydrogens is 414 g/mol. The third-order valence-electron chi connectivity index (χ3n) is 4.67. The summed E-state index contributed by atoms with van der Waals surface area (Å²) in [4.78, 5) is 14.6. The highest BCUT2D eigenvalue weighted by atomic mass is 32.2. The second-order valence-corrected chi connectivity index (χ2v) is 8.62. The molecule has 0 radical (unpaired) electrons. The molecule has 0 saturated carbocycles. The van der Waals surface area contributed by atoms with Gasteiger partial charge in [0.1, 0.15) is 15.8 Å². The maximum absolute atomic E-state index is 12.4. The summed E-state index contributed by atoms with van der Waals surface area (Å²) in [6, 6.07) is 13.8. The van der Waals surface area contributed by atoms with Crippen molar-refractivity contribution in [2.45, 2.75) is 20.3 Å². The molecule has 0 unspecified atom stereocenters. The molecule has 0 aromatic heterocycles. The lowest BCUT2D eigenvalue weighted by atomic mass is 10.1. The highest BCUT2D eigenvalue weighted by Gasteiger charge is 2.30. The Bertz CT molecular complexity index is 967. The van der Waals surface area contributed by atoms with Gasteiger partial charge in [0, 0.05) is 13.0 Å². The minimum Gasteiger partial charge on any atom is -0.493 e. The number of rotatable bonds is 9. The van der Waals surface area contributed by atoms with Gasteiger partial charge in [0.05, 0.1) is 18.1 Å². The van der Waals surface area contributed by atoms with Crippen LogP contribution in [0.15, 0.2) is 60.0 Å². The van der Waals surface area contributed by atoms with Crippen LogP contribution >= 0.6 is 24.0 Å². The van der Waals surface area contributed by atoms with Crippen molar-refractivity contribution < 1.29 is 14.3 Å². The Kier molecular flexibility index (Phi) is 7.71. The molecule has 1 amide bonds. The van der Waals surface area contributed by atoms with Gasteiger partial charge in [0.25, 0.3) is 5.91 Å².